The molecule has 1 fully saturated rings. The normalized spacial score (nSPS) is 16.8. The van der Waals surface area contributed by atoms with Crippen molar-refractivity contribution in [3.63, 3.8) is 0 Å². The van der Waals surface area contributed by atoms with E-state index in [9.17, 15) is 5.11 Å². The SMILES string of the molecule is COc1cc(OCC(O)CNC2CCCCCC2)cc(OC)c1OC. The minimum atomic E-state index is -0.567. The number of benzene rings is 1. The van der Waals surface area contributed by atoms with Gasteiger partial charge in [-0.05, 0) is 12.8 Å². The van der Waals surface area contributed by atoms with Crippen LogP contribution in [0.3, 0.4) is 0 Å². The summed E-state index contributed by atoms with van der Waals surface area (Å²) in [5.74, 6) is 2.15. The molecule has 0 radical (unpaired) electrons. The van der Waals surface area contributed by atoms with Crippen LogP contribution in [-0.2, 0) is 0 Å². The third kappa shape index (κ3) is 5.97. The van der Waals surface area contributed by atoms with E-state index in [1.54, 1.807) is 33.5 Å². The van der Waals surface area contributed by atoms with Gasteiger partial charge in [-0.25, -0.2) is 0 Å². The van der Waals surface area contributed by atoms with Crippen LogP contribution in [-0.4, -0.2) is 51.7 Å². The molecule has 0 saturated heterocycles. The molecule has 1 aromatic rings. The topological polar surface area (TPSA) is 69.2 Å². The van der Waals surface area contributed by atoms with Gasteiger partial charge in [-0.15, -0.1) is 0 Å². The molecule has 0 bridgehead atoms. The molecule has 6 nitrogen and oxygen atoms in total. The van der Waals surface area contributed by atoms with Crippen LogP contribution in [0.15, 0.2) is 12.1 Å². The molecule has 1 aliphatic carbocycles. The van der Waals surface area contributed by atoms with E-state index in [1.165, 1.54) is 38.5 Å². The molecular weight excluding hydrogens is 322 g/mol. The number of aliphatic hydroxyl groups is 1. The van der Waals surface area contributed by atoms with Gasteiger partial charge < -0.3 is 29.4 Å². The van der Waals surface area contributed by atoms with Gasteiger partial charge in [0.2, 0.25) is 5.75 Å². The second kappa shape index (κ2) is 10.4. The molecule has 1 aromatic carbocycles. The fourth-order valence-electron chi connectivity index (χ4n) is 3.18. The zero-order valence-electron chi connectivity index (χ0n) is 15.5. The van der Waals surface area contributed by atoms with Crippen LogP contribution in [0.25, 0.3) is 0 Å². The van der Waals surface area contributed by atoms with Crippen molar-refractivity contribution in [3.05, 3.63) is 12.1 Å². The zero-order valence-corrected chi connectivity index (χ0v) is 15.5. The first kappa shape index (κ1) is 19.7. The number of nitrogens with one attached hydrogen (secondary N) is 1. The van der Waals surface area contributed by atoms with Crippen LogP contribution in [0.1, 0.15) is 38.5 Å². The lowest BCUT2D eigenvalue weighted by Crippen LogP contribution is -2.37. The minimum absolute atomic E-state index is 0.207. The molecule has 142 valence electrons. The number of methoxy groups -OCH3 is 3. The van der Waals surface area contributed by atoms with Gasteiger partial charge in [0.1, 0.15) is 18.5 Å². The molecule has 25 heavy (non-hydrogen) atoms. The molecule has 6 heteroatoms. The molecule has 1 unspecified atom stereocenters. The molecule has 1 saturated carbocycles. The van der Waals surface area contributed by atoms with E-state index in [-0.39, 0.29) is 6.61 Å². The standard InChI is InChI=1S/C19H31NO5/c1-22-17-10-16(11-18(23-2)19(17)24-3)25-13-15(21)12-20-14-8-6-4-5-7-9-14/h10-11,14-15,20-21H,4-9,12-13H2,1-3H3. The summed E-state index contributed by atoms with van der Waals surface area (Å²) >= 11 is 0. The highest BCUT2D eigenvalue weighted by Crippen LogP contribution is 2.40. The first-order valence-electron chi connectivity index (χ1n) is 9.02. The number of hydrogen-bond acceptors (Lipinski definition) is 6. The van der Waals surface area contributed by atoms with Crippen molar-refractivity contribution in [2.75, 3.05) is 34.5 Å². The molecule has 0 spiro atoms. The number of hydrogen-bond donors (Lipinski definition) is 2. The fourth-order valence-corrected chi connectivity index (χ4v) is 3.18. The number of rotatable bonds is 9. The van der Waals surface area contributed by atoms with E-state index in [4.69, 9.17) is 18.9 Å². The third-order valence-corrected chi connectivity index (χ3v) is 4.58. The Morgan fingerprint density at radius 2 is 1.60 bits per heavy atom. The number of ether oxygens (including phenoxy) is 4. The van der Waals surface area contributed by atoms with Crippen LogP contribution in [0, 0.1) is 0 Å². The van der Waals surface area contributed by atoms with E-state index < -0.39 is 6.10 Å². The summed E-state index contributed by atoms with van der Waals surface area (Å²) in [7, 11) is 4.68. The first-order valence-corrected chi connectivity index (χ1v) is 9.02. The van der Waals surface area contributed by atoms with Crippen molar-refractivity contribution in [1.82, 2.24) is 5.32 Å². The predicted molar refractivity (Wildman–Crippen MR) is 97.1 cm³/mol. The Morgan fingerprint density at radius 1 is 1.00 bits per heavy atom. The lowest BCUT2D eigenvalue weighted by atomic mass is 10.1. The molecule has 2 N–H and O–H groups in total. The van der Waals surface area contributed by atoms with E-state index >= 15 is 0 Å². The summed E-state index contributed by atoms with van der Waals surface area (Å²) in [6.07, 6.45) is 7.02. The highest BCUT2D eigenvalue weighted by atomic mass is 16.5. The maximum Gasteiger partial charge on any atom is 0.203 e. The van der Waals surface area contributed by atoms with E-state index in [0.29, 0.717) is 35.6 Å². The summed E-state index contributed by atoms with van der Waals surface area (Å²) in [6.45, 7) is 0.744. The Labute approximate surface area is 150 Å². The first-order chi connectivity index (χ1) is 12.2. The highest BCUT2D eigenvalue weighted by Gasteiger charge is 2.16. The van der Waals surface area contributed by atoms with Crippen LogP contribution >= 0.6 is 0 Å². The lowest BCUT2D eigenvalue weighted by Gasteiger charge is -2.20. The summed E-state index contributed by atoms with van der Waals surface area (Å²) in [4.78, 5) is 0. The molecule has 1 aliphatic rings. The van der Waals surface area contributed by atoms with Gasteiger partial charge in [0, 0.05) is 24.7 Å². The smallest absolute Gasteiger partial charge is 0.203 e. The van der Waals surface area contributed by atoms with Gasteiger partial charge in [0.05, 0.1) is 21.3 Å². The van der Waals surface area contributed by atoms with Crippen LogP contribution in [0.4, 0.5) is 0 Å². The van der Waals surface area contributed by atoms with Gasteiger partial charge in [-0.1, -0.05) is 25.7 Å². The highest BCUT2D eigenvalue weighted by molar-refractivity contribution is 5.55. The fraction of sp³-hybridized carbons (Fsp3) is 0.684. The Hall–Kier alpha value is -1.66. The van der Waals surface area contributed by atoms with Crippen molar-refractivity contribution < 1.29 is 24.1 Å². The number of aliphatic hydroxyl groups excluding tert-OH is 1. The van der Waals surface area contributed by atoms with Crippen LogP contribution < -0.4 is 24.3 Å². The molecule has 0 amide bonds. The van der Waals surface area contributed by atoms with Crippen molar-refractivity contribution in [2.24, 2.45) is 0 Å². The maximum atomic E-state index is 10.2. The van der Waals surface area contributed by atoms with Crippen molar-refractivity contribution in [3.8, 4) is 23.0 Å². The molecule has 0 aromatic heterocycles. The summed E-state index contributed by atoms with van der Waals surface area (Å²) in [5.41, 5.74) is 0. The molecule has 0 heterocycles. The second-order valence-electron chi connectivity index (χ2n) is 6.42. The summed E-state index contributed by atoms with van der Waals surface area (Å²) in [6, 6.07) is 3.97. The summed E-state index contributed by atoms with van der Waals surface area (Å²) in [5, 5.41) is 13.7. The van der Waals surface area contributed by atoms with Gasteiger partial charge in [0.15, 0.2) is 11.5 Å². The molecule has 2 rings (SSSR count). The Kier molecular flexibility index (Phi) is 8.15. The Bertz CT molecular complexity index is 490. The Morgan fingerprint density at radius 3 is 2.12 bits per heavy atom. The quantitative estimate of drug-likeness (QED) is 0.666. The average molecular weight is 353 g/mol. The van der Waals surface area contributed by atoms with Gasteiger partial charge >= 0.3 is 0 Å². The molecule has 0 aliphatic heterocycles. The minimum Gasteiger partial charge on any atom is -0.493 e. The van der Waals surface area contributed by atoms with Gasteiger partial charge in [-0.3, -0.25) is 0 Å². The largest absolute Gasteiger partial charge is 0.493 e. The van der Waals surface area contributed by atoms with Crippen molar-refractivity contribution in [2.45, 2.75) is 50.7 Å². The third-order valence-electron chi connectivity index (χ3n) is 4.58. The van der Waals surface area contributed by atoms with E-state index in [1.807, 2.05) is 0 Å². The molecular formula is C19H31NO5. The van der Waals surface area contributed by atoms with Crippen LogP contribution in [0.5, 0.6) is 23.0 Å². The van der Waals surface area contributed by atoms with Gasteiger partial charge in [0.25, 0.3) is 0 Å². The lowest BCUT2D eigenvalue weighted by molar-refractivity contribution is 0.102. The zero-order chi connectivity index (χ0) is 18.1. The maximum absolute atomic E-state index is 10.2. The van der Waals surface area contributed by atoms with E-state index in [2.05, 4.69) is 5.32 Å². The van der Waals surface area contributed by atoms with Crippen molar-refractivity contribution in [1.29, 1.82) is 0 Å². The summed E-state index contributed by atoms with van der Waals surface area (Å²) < 4.78 is 21.6. The van der Waals surface area contributed by atoms with Gasteiger partial charge in [-0.2, -0.15) is 0 Å². The van der Waals surface area contributed by atoms with E-state index in [0.717, 1.165) is 0 Å². The van der Waals surface area contributed by atoms with Crippen LogP contribution in [0.2, 0.25) is 0 Å². The molecule has 1 atom stereocenters. The predicted octanol–water partition coefficient (Wildman–Crippen LogP) is 2.76. The Balaban J connectivity index is 1.85. The second-order valence-corrected chi connectivity index (χ2v) is 6.42. The average Bonchev–Trinajstić information content (AvgIpc) is 2.92. The monoisotopic (exact) mass is 353 g/mol. The van der Waals surface area contributed by atoms with Crippen molar-refractivity contribution >= 4 is 0 Å².